The minimum absolute atomic E-state index is 0.465. The smallest absolute Gasteiger partial charge is 0.274 e. The van der Waals surface area contributed by atoms with E-state index in [1.807, 2.05) is 12.1 Å². The summed E-state index contributed by atoms with van der Waals surface area (Å²) in [5.41, 5.74) is 6.10. The number of hydrogen-bond acceptors (Lipinski definition) is 5. The van der Waals surface area contributed by atoms with Gasteiger partial charge in [-0.1, -0.05) is 50.2 Å². The molecule has 168 valence electrons. The van der Waals surface area contributed by atoms with Crippen molar-refractivity contribution in [3.05, 3.63) is 70.8 Å². The molecule has 1 atom stereocenters. The second-order valence-corrected chi connectivity index (χ2v) is 8.47. The van der Waals surface area contributed by atoms with E-state index in [9.17, 15) is 4.79 Å². The van der Waals surface area contributed by atoms with Gasteiger partial charge in [-0.2, -0.15) is 0 Å². The summed E-state index contributed by atoms with van der Waals surface area (Å²) < 4.78 is 0. The molecule has 0 bridgehead atoms. The van der Waals surface area contributed by atoms with Gasteiger partial charge in [0.1, 0.15) is 0 Å². The third kappa shape index (κ3) is 6.61. The van der Waals surface area contributed by atoms with Crippen molar-refractivity contribution in [1.29, 1.82) is 0 Å². The normalized spacial score (nSPS) is 17.8. The van der Waals surface area contributed by atoms with Gasteiger partial charge in [0.15, 0.2) is 0 Å². The summed E-state index contributed by atoms with van der Waals surface area (Å²) in [7, 11) is 0. The van der Waals surface area contributed by atoms with Crippen LogP contribution < -0.4 is 5.48 Å². The average molecular weight is 425 g/mol. The minimum atomic E-state index is -0.477. The summed E-state index contributed by atoms with van der Waals surface area (Å²) >= 11 is 0. The lowest BCUT2D eigenvalue weighted by molar-refractivity contribution is 0.0705. The second-order valence-electron chi connectivity index (χ2n) is 8.47. The molecular formula is C25H36N4O2. The number of benzene rings is 2. The molecule has 1 amide bonds. The molecule has 2 aromatic rings. The average Bonchev–Trinajstić information content (AvgIpc) is 2.79. The topological polar surface area (TPSA) is 59.0 Å². The minimum Gasteiger partial charge on any atom is -0.300 e. The summed E-state index contributed by atoms with van der Waals surface area (Å²) in [6, 6.07) is 17.0. The van der Waals surface area contributed by atoms with Crippen molar-refractivity contribution in [2.75, 3.05) is 32.7 Å². The van der Waals surface area contributed by atoms with E-state index in [0.717, 1.165) is 52.4 Å². The Balaban J connectivity index is 1.53. The fraction of sp³-hybridized carbons (Fsp3) is 0.480. The van der Waals surface area contributed by atoms with E-state index in [-0.39, 0.29) is 0 Å². The maximum Gasteiger partial charge on any atom is 0.274 e. The quantitative estimate of drug-likeness (QED) is 0.478. The van der Waals surface area contributed by atoms with Gasteiger partial charge in [-0.15, -0.1) is 0 Å². The van der Waals surface area contributed by atoms with Crippen molar-refractivity contribution in [2.24, 2.45) is 0 Å². The molecule has 1 aliphatic rings. The Morgan fingerprint density at radius 1 is 1.03 bits per heavy atom. The number of nitrogens with zero attached hydrogens (tertiary/aromatic N) is 3. The SMILES string of the molecule is CCN(CC)Cc1cccc(CN2CCN(Cc3ccc(C(=O)NO)cc3)C[C@@H]2C)c1. The Bertz CT molecular complexity index is 836. The highest BCUT2D eigenvalue weighted by Gasteiger charge is 2.23. The van der Waals surface area contributed by atoms with E-state index < -0.39 is 5.91 Å². The molecule has 1 aliphatic heterocycles. The molecule has 1 fully saturated rings. The Kier molecular flexibility index (Phi) is 8.60. The first-order valence-corrected chi connectivity index (χ1v) is 11.3. The predicted octanol–water partition coefficient (Wildman–Crippen LogP) is 3.35. The molecule has 6 nitrogen and oxygen atoms in total. The molecule has 6 heteroatoms. The number of amides is 1. The lowest BCUT2D eigenvalue weighted by atomic mass is 10.1. The Hall–Kier alpha value is -2.25. The van der Waals surface area contributed by atoms with E-state index in [0.29, 0.717) is 11.6 Å². The van der Waals surface area contributed by atoms with E-state index in [1.165, 1.54) is 16.7 Å². The summed E-state index contributed by atoms with van der Waals surface area (Å²) in [6.07, 6.45) is 0. The van der Waals surface area contributed by atoms with Crippen molar-refractivity contribution in [1.82, 2.24) is 20.2 Å². The maximum absolute atomic E-state index is 11.5. The van der Waals surface area contributed by atoms with Gasteiger partial charge in [0, 0.05) is 50.9 Å². The molecular weight excluding hydrogens is 388 g/mol. The first kappa shape index (κ1) is 23.4. The first-order chi connectivity index (χ1) is 15.0. The zero-order valence-corrected chi connectivity index (χ0v) is 19.1. The van der Waals surface area contributed by atoms with Gasteiger partial charge in [0.2, 0.25) is 0 Å². The lowest BCUT2D eigenvalue weighted by Crippen LogP contribution is -2.50. The predicted molar refractivity (Wildman–Crippen MR) is 124 cm³/mol. The van der Waals surface area contributed by atoms with Gasteiger partial charge < -0.3 is 0 Å². The molecule has 31 heavy (non-hydrogen) atoms. The molecule has 1 saturated heterocycles. The zero-order valence-electron chi connectivity index (χ0n) is 19.1. The molecule has 0 saturated carbocycles. The Labute approximate surface area is 186 Å². The molecule has 0 radical (unpaired) electrons. The van der Waals surface area contributed by atoms with Crippen molar-refractivity contribution < 1.29 is 10.0 Å². The van der Waals surface area contributed by atoms with Gasteiger partial charge in [-0.3, -0.25) is 24.7 Å². The van der Waals surface area contributed by atoms with Crippen LogP contribution in [0.4, 0.5) is 0 Å². The van der Waals surface area contributed by atoms with Crippen LogP contribution in [0.1, 0.15) is 47.8 Å². The number of carbonyl (C=O) groups is 1. The molecule has 0 aliphatic carbocycles. The van der Waals surface area contributed by atoms with Crippen LogP contribution in [0.2, 0.25) is 0 Å². The van der Waals surface area contributed by atoms with Crippen LogP contribution in [0.15, 0.2) is 48.5 Å². The van der Waals surface area contributed by atoms with Crippen LogP contribution in [0.3, 0.4) is 0 Å². The molecule has 0 aromatic heterocycles. The fourth-order valence-corrected chi connectivity index (χ4v) is 4.30. The van der Waals surface area contributed by atoms with E-state index >= 15 is 0 Å². The van der Waals surface area contributed by atoms with Crippen molar-refractivity contribution in [3.8, 4) is 0 Å². The first-order valence-electron chi connectivity index (χ1n) is 11.3. The highest BCUT2D eigenvalue weighted by Crippen LogP contribution is 2.18. The number of nitrogens with one attached hydrogen (secondary N) is 1. The highest BCUT2D eigenvalue weighted by atomic mass is 16.5. The summed E-state index contributed by atoms with van der Waals surface area (Å²) in [5.74, 6) is -0.477. The van der Waals surface area contributed by atoms with Crippen LogP contribution in [0.25, 0.3) is 0 Å². The maximum atomic E-state index is 11.5. The van der Waals surface area contributed by atoms with Gasteiger partial charge in [-0.05, 0) is 48.8 Å². The molecule has 0 spiro atoms. The Morgan fingerprint density at radius 3 is 2.39 bits per heavy atom. The molecule has 2 aromatic carbocycles. The van der Waals surface area contributed by atoms with Crippen LogP contribution in [-0.4, -0.2) is 64.6 Å². The van der Waals surface area contributed by atoms with Crippen LogP contribution in [0, 0.1) is 0 Å². The number of piperazine rings is 1. The molecule has 0 unspecified atom stereocenters. The van der Waals surface area contributed by atoms with Gasteiger partial charge in [0.05, 0.1) is 0 Å². The van der Waals surface area contributed by atoms with E-state index in [1.54, 1.807) is 17.6 Å². The summed E-state index contributed by atoms with van der Waals surface area (Å²) in [6.45, 7) is 14.9. The largest absolute Gasteiger partial charge is 0.300 e. The summed E-state index contributed by atoms with van der Waals surface area (Å²) in [4.78, 5) is 19.0. The number of carbonyl (C=O) groups excluding carboxylic acids is 1. The van der Waals surface area contributed by atoms with Crippen molar-refractivity contribution in [2.45, 2.75) is 46.4 Å². The highest BCUT2D eigenvalue weighted by molar-refractivity contribution is 5.93. The zero-order chi connectivity index (χ0) is 22.2. The third-order valence-corrected chi connectivity index (χ3v) is 6.25. The lowest BCUT2D eigenvalue weighted by Gasteiger charge is -2.40. The van der Waals surface area contributed by atoms with E-state index in [2.05, 4.69) is 59.7 Å². The molecule has 2 N–H and O–H groups in total. The van der Waals surface area contributed by atoms with Crippen LogP contribution in [0.5, 0.6) is 0 Å². The number of rotatable bonds is 9. The van der Waals surface area contributed by atoms with Crippen molar-refractivity contribution >= 4 is 5.91 Å². The monoisotopic (exact) mass is 424 g/mol. The summed E-state index contributed by atoms with van der Waals surface area (Å²) in [5, 5.41) is 8.74. The van der Waals surface area contributed by atoms with Gasteiger partial charge >= 0.3 is 0 Å². The molecule has 1 heterocycles. The van der Waals surface area contributed by atoms with Gasteiger partial charge in [0.25, 0.3) is 5.91 Å². The Morgan fingerprint density at radius 2 is 1.74 bits per heavy atom. The number of hydrogen-bond donors (Lipinski definition) is 2. The van der Waals surface area contributed by atoms with Gasteiger partial charge in [-0.25, -0.2) is 5.48 Å². The second kappa shape index (κ2) is 11.4. The van der Waals surface area contributed by atoms with Crippen molar-refractivity contribution in [3.63, 3.8) is 0 Å². The van der Waals surface area contributed by atoms with Crippen LogP contribution >= 0.6 is 0 Å². The molecule has 3 rings (SSSR count). The van der Waals surface area contributed by atoms with E-state index in [4.69, 9.17) is 5.21 Å². The fourth-order valence-electron chi connectivity index (χ4n) is 4.30. The number of hydroxylamine groups is 1. The van der Waals surface area contributed by atoms with Crippen LogP contribution in [-0.2, 0) is 19.6 Å². The third-order valence-electron chi connectivity index (χ3n) is 6.25. The standard InChI is InChI=1S/C25H36N4O2/c1-4-27(5-2)18-22-7-6-8-23(15-22)19-29-14-13-28(16-20(29)3)17-21-9-11-24(12-10-21)25(30)26-31/h6-12,15,20,31H,4-5,13-14,16-19H2,1-3H3,(H,26,30)/t20-/m0/s1.